The molecule has 1 fully saturated rings. The molecule has 1 unspecified atom stereocenters. The molecule has 18 heavy (non-hydrogen) atoms. The summed E-state index contributed by atoms with van der Waals surface area (Å²) < 4.78 is 0. The lowest BCUT2D eigenvalue weighted by molar-refractivity contribution is -0.126. The van der Waals surface area contributed by atoms with Crippen LogP contribution < -0.4 is 5.32 Å². The van der Waals surface area contributed by atoms with Crippen molar-refractivity contribution < 1.29 is 4.79 Å². The lowest BCUT2D eigenvalue weighted by Crippen LogP contribution is -2.37. The minimum atomic E-state index is 0.228. The molecule has 1 rings (SSSR count). The Labute approximate surface area is 117 Å². The molecule has 1 saturated carbocycles. The average Bonchev–Trinajstić information content (AvgIpc) is 2.34. The van der Waals surface area contributed by atoms with Crippen LogP contribution in [0.5, 0.6) is 0 Å². The van der Waals surface area contributed by atoms with Crippen molar-refractivity contribution >= 4 is 17.5 Å². The number of amides is 1. The van der Waals surface area contributed by atoms with E-state index < -0.39 is 0 Å². The van der Waals surface area contributed by atoms with E-state index in [0.717, 1.165) is 18.8 Å². The predicted octanol–water partition coefficient (Wildman–Crippen LogP) is 3.83. The minimum Gasteiger partial charge on any atom is -0.356 e. The number of rotatable bonds is 4. The topological polar surface area (TPSA) is 29.1 Å². The van der Waals surface area contributed by atoms with Crippen LogP contribution in [0.2, 0.25) is 0 Å². The first kappa shape index (κ1) is 15.8. The molecule has 0 heterocycles. The Bertz CT molecular complexity index is 264. The number of hydrogen-bond donors (Lipinski definition) is 1. The van der Waals surface area contributed by atoms with Gasteiger partial charge in [-0.2, -0.15) is 0 Å². The zero-order valence-corrected chi connectivity index (χ0v) is 13.0. The highest BCUT2D eigenvalue weighted by Crippen LogP contribution is 2.39. The van der Waals surface area contributed by atoms with Crippen LogP contribution in [-0.2, 0) is 4.79 Å². The van der Waals surface area contributed by atoms with Crippen LogP contribution in [0.4, 0.5) is 0 Å². The quantitative estimate of drug-likeness (QED) is 0.775. The molecule has 0 aromatic rings. The van der Waals surface area contributed by atoms with Crippen molar-refractivity contribution in [2.45, 2.75) is 53.4 Å². The van der Waals surface area contributed by atoms with Gasteiger partial charge in [0, 0.05) is 18.3 Å². The second-order valence-corrected chi connectivity index (χ2v) is 7.23. The summed E-state index contributed by atoms with van der Waals surface area (Å²) in [5.41, 5.74) is 0.384. The number of halogens is 1. The smallest absolute Gasteiger partial charge is 0.223 e. The molecule has 0 radical (unpaired) electrons. The van der Waals surface area contributed by atoms with Crippen LogP contribution in [-0.4, -0.2) is 18.3 Å². The zero-order chi connectivity index (χ0) is 13.8. The van der Waals surface area contributed by atoms with E-state index >= 15 is 0 Å². The van der Waals surface area contributed by atoms with Crippen molar-refractivity contribution in [2.24, 2.45) is 23.2 Å². The van der Waals surface area contributed by atoms with Crippen LogP contribution in [0, 0.1) is 23.2 Å². The molecule has 0 aromatic carbocycles. The predicted molar refractivity (Wildman–Crippen MR) is 77.8 cm³/mol. The molecule has 1 aliphatic carbocycles. The molecule has 0 spiro atoms. The van der Waals surface area contributed by atoms with Crippen LogP contribution in [0.15, 0.2) is 0 Å². The highest BCUT2D eigenvalue weighted by Gasteiger charge is 2.32. The molecule has 0 aromatic heterocycles. The Hall–Kier alpha value is -0.240. The number of carbonyl (C=O) groups excluding carboxylic acids is 1. The van der Waals surface area contributed by atoms with Gasteiger partial charge >= 0.3 is 0 Å². The number of hydrogen-bond acceptors (Lipinski definition) is 1. The Morgan fingerprint density at radius 1 is 1.28 bits per heavy atom. The number of nitrogens with one attached hydrogen (secondary N) is 1. The summed E-state index contributed by atoms with van der Waals surface area (Å²) in [4.78, 5) is 12.0. The normalized spacial score (nSPS) is 26.7. The minimum absolute atomic E-state index is 0.228. The van der Waals surface area contributed by atoms with E-state index in [1.54, 1.807) is 0 Å². The van der Waals surface area contributed by atoms with E-state index in [9.17, 15) is 4.79 Å². The van der Waals surface area contributed by atoms with E-state index in [-0.39, 0.29) is 11.8 Å². The standard InChI is InChI=1S/C15H28ClNO/c1-11(9-16)10-17-14(18)12-5-7-13(8-6-12)15(2,3)4/h11-13H,5-10H2,1-4H3,(H,17,18). The molecule has 1 aliphatic rings. The van der Waals surface area contributed by atoms with Gasteiger partial charge in [0.05, 0.1) is 0 Å². The third-order valence-electron chi connectivity index (χ3n) is 4.21. The van der Waals surface area contributed by atoms with Gasteiger partial charge in [0.15, 0.2) is 0 Å². The first-order valence-corrected chi connectivity index (χ1v) is 7.71. The van der Waals surface area contributed by atoms with Gasteiger partial charge in [-0.15, -0.1) is 11.6 Å². The van der Waals surface area contributed by atoms with Crippen LogP contribution in [0.1, 0.15) is 53.4 Å². The Morgan fingerprint density at radius 2 is 1.83 bits per heavy atom. The molecule has 0 saturated heterocycles. The first-order chi connectivity index (χ1) is 8.34. The fourth-order valence-electron chi connectivity index (χ4n) is 2.70. The molecule has 106 valence electrons. The van der Waals surface area contributed by atoms with Gasteiger partial charge in [-0.05, 0) is 42.9 Å². The van der Waals surface area contributed by atoms with E-state index in [0.29, 0.717) is 23.8 Å². The highest BCUT2D eigenvalue weighted by atomic mass is 35.5. The monoisotopic (exact) mass is 273 g/mol. The molecule has 1 N–H and O–H groups in total. The number of carbonyl (C=O) groups is 1. The Kier molecular flexibility index (Phi) is 5.97. The molecule has 2 nitrogen and oxygen atoms in total. The van der Waals surface area contributed by atoms with Crippen molar-refractivity contribution in [1.82, 2.24) is 5.32 Å². The summed E-state index contributed by atoms with van der Waals surface area (Å²) in [5.74, 6) is 2.20. The first-order valence-electron chi connectivity index (χ1n) is 7.18. The lowest BCUT2D eigenvalue weighted by atomic mass is 9.69. The Morgan fingerprint density at radius 3 is 2.28 bits per heavy atom. The maximum Gasteiger partial charge on any atom is 0.223 e. The summed E-state index contributed by atoms with van der Waals surface area (Å²) in [7, 11) is 0. The molecular formula is C15H28ClNO. The molecule has 1 amide bonds. The fourth-order valence-corrected chi connectivity index (χ4v) is 2.80. The van der Waals surface area contributed by atoms with Gasteiger partial charge in [-0.25, -0.2) is 0 Å². The Balaban J connectivity index is 2.32. The lowest BCUT2D eigenvalue weighted by Gasteiger charge is -2.36. The molecule has 3 heteroatoms. The highest BCUT2D eigenvalue weighted by molar-refractivity contribution is 6.18. The zero-order valence-electron chi connectivity index (χ0n) is 12.3. The third kappa shape index (κ3) is 4.79. The van der Waals surface area contributed by atoms with Crippen molar-refractivity contribution in [3.05, 3.63) is 0 Å². The summed E-state index contributed by atoms with van der Waals surface area (Å²) in [6.07, 6.45) is 4.46. The SMILES string of the molecule is CC(CCl)CNC(=O)C1CCC(C(C)(C)C)CC1. The molecule has 0 bridgehead atoms. The van der Waals surface area contributed by atoms with Crippen LogP contribution in [0.25, 0.3) is 0 Å². The second kappa shape index (κ2) is 6.79. The van der Waals surface area contributed by atoms with Crippen LogP contribution >= 0.6 is 11.6 Å². The summed E-state index contributed by atoms with van der Waals surface area (Å²) in [6.45, 7) is 9.69. The number of alkyl halides is 1. The summed E-state index contributed by atoms with van der Waals surface area (Å²) in [6, 6.07) is 0. The van der Waals surface area contributed by atoms with E-state index in [1.165, 1.54) is 12.8 Å². The van der Waals surface area contributed by atoms with E-state index in [2.05, 4.69) is 33.0 Å². The van der Waals surface area contributed by atoms with Crippen LogP contribution in [0.3, 0.4) is 0 Å². The van der Waals surface area contributed by atoms with E-state index in [1.807, 2.05) is 0 Å². The van der Waals surface area contributed by atoms with Gasteiger partial charge < -0.3 is 5.32 Å². The average molecular weight is 274 g/mol. The summed E-state index contributed by atoms with van der Waals surface area (Å²) in [5, 5.41) is 3.03. The summed E-state index contributed by atoms with van der Waals surface area (Å²) >= 11 is 5.74. The van der Waals surface area contributed by atoms with Crippen molar-refractivity contribution in [3.8, 4) is 0 Å². The maximum absolute atomic E-state index is 12.0. The molecule has 0 aliphatic heterocycles. The van der Waals surface area contributed by atoms with Crippen molar-refractivity contribution in [3.63, 3.8) is 0 Å². The van der Waals surface area contributed by atoms with Gasteiger partial charge in [0.1, 0.15) is 0 Å². The fraction of sp³-hybridized carbons (Fsp3) is 0.933. The largest absolute Gasteiger partial charge is 0.356 e. The van der Waals surface area contributed by atoms with Gasteiger partial charge in [0.2, 0.25) is 5.91 Å². The third-order valence-corrected chi connectivity index (χ3v) is 4.74. The second-order valence-electron chi connectivity index (χ2n) is 6.92. The maximum atomic E-state index is 12.0. The van der Waals surface area contributed by atoms with Gasteiger partial charge in [0.25, 0.3) is 0 Å². The molecular weight excluding hydrogens is 246 g/mol. The van der Waals surface area contributed by atoms with Gasteiger partial charge in [-0.3, -0.25) is 4.79 Å². The van der Waals surface area contributed by atoms with E-state index in [4.69, 9.17) is 11.6 Å². The van der Waals surface area contributed by atoms with Crippen molar-refractivity contribution in [2.75, 3.05) is 12.4 Å². The molecule has 1 atom stereocenters. The van der Waals surface area contributed by atoms with Crippen molar-refractivity contribution in [1.29, 1.82) is 0 Å². The van der Waals surface area contributed by atoms with Gasteiger partial charge in [-0.1, -0.05) is 27.7 Å².